The molecule has 1 N–H and O–H groups in total. The summed E-state index contributed by atoms with van der Waals surface area (Å²) in [5.41, 5.74) is 0.758. The van der Waals surface area contributed by atoms with Crippen LogP contribution < -0.4 is 5.32 Å². The van der Waals surface area contributed by atoms with Crippen molar-refractivity contribution < 1.29 is 13.9 Å². The summed E-state index contributed by atoms with van der Waals surface area (Å²) >= 11 is 0. The molecule has 0 atom stereocenters. The van der Waals surface area contributed by atoms with E-state index in [1.165, 1.54) is 6.07 Å². The third-order valence-electron chi connectivity index (χ3n) is 2.56. The Kier molecular flexibility index (Phi) is 7.56. The molecular formula is C14H19FN2O2. The zero-order valence-electron chi connectivity index (χ0n) is 11.1. The second-order valence-corrected chi connectivity index (χ2v) is 4.05. The SMILES string of the molecule is COCCOCCCCNc1ccc(C#N)cc1F. The summed E-state index contributed by atoms with van der Waals surface area (Å²) in [7, 11) is 1.64. The number of hydrogen-bond donors (Lipinski definition) is 1. The molecule has 5 heteroatoms. The van der Waals surface area contributed by atoms with Crippen LogP contribution in [0.2, 0.25) is 0 Å². The first-order valence-electron chi connectivity index (χ1n) is 6.28. The largest absolute Gasteiger partial charge is 0.383 e. The van der Waals surface area contributed by atoms with E-state index < -0.39 is 5.82 Å². The lowest BCUT2D eigenvalue weighted by atomic mass is 10.2. The standard InChI is InChI=1S/C14H19FN2O2/c1-18-8-9-19-7-3-2-6-17-14-5-4-12(11-16)10-13(14)15/h4-5,10,17H,2-3,6-9H2,1H3. The van der Waals surface area contributed by atoms with Gasteiger partial charge in [0.2, 0.25) is 0 Å². The van der Waals surface area contributed by atoms with Crippen molar-refractivity contribution in [2.24, 2.45) is 0 Å². The van der Waals surface area contributed by atoms with Crippen molar-refractivity contribution in [1.82, 2.24) is 0 Å². The average molecular weight is 266 g/mol. The van der Waals surface area contributed by atoms with Crippen molar-refractivity contribution in [2.45, 2.75) is 12.8 Å². The molecule has 4 nitrogen and oxygen atoms in total. The third kappa shape index (κ3) is 6.18. The second kappa shape index (κ2) is 9.31. The molecule has 0 unspecified atom stereocenters. The van der Waals surface area contributed by atoms with E-state index in [4.69, 9.17) is 14.7 Å². The second-order valence-electron chi connectivity index (χ2n) is 4.05. The monoisotopic (exact) mass is 266 g/mol. The summed E-state index contributed by atoms with van der Waals surface area (Å²) in [6, 6.07) is 6.32. The molecule has 0 aliphatic rings. The van der Waals surface area contributed by atoms with Crippen molar-refractivity contribution >= 4 is 5.69 Å². The third-order valence-corrected chi connectivity index (χ3v) is 2.56. The fourth-order valence-electron chi connectivity index (χ4n) is 1.52. The maximum Gasteiger partial charge on any atom is 0.147 e. The van der Waals surface area contributed by atoms with Crippen LogP contribution in [0.3, 0.4) is 0 Å². The summed E-state index contributed by atoms with van der Waals surface area (Å²) in [5, 5.41) is 11.6. The molecule has 0 amide bonds. The van der Waals surface area contributed by atoms with Gasteiger partial charge in [0.05, 0.1) is 30.5 Å². The Morgan fingerprint density at radius 2 is 2.11 bits per heavy atom. The number of halogens is 1. The smallest absolute Gasteiger partial charge is 0.147 e. The molecule has 0 aromatic heterocycles. The van der Waals surface area contributed by atoms with Crippen molar-refractivity contribution in [1.29, 1.82) is 5.26 Å². The fraction of sp³-hybridized carbons (Fsp3) is 0.500. The summed E-state index contributed by atoms with van der Waals surface area (Å²) in [5.74, 6) is -0.393. The number of nitrogens with one attached hydrogen (secondary N) is 1. The van der Waals surface area contributed by atoms with Crippen LogP contribution in [0.4, 0.5) is 10.1 Å². The minimum absolute atomic E-state index is 0.328. The van der Waals surface area contributed by atoms with E-state index >= 15 is 0 Å². The molecule has 0 radical (unpaired) electrons. The molecule has 104 valence electrons. The lowest BCUT2D eigenvalue weighted by Crippen LogP contribution is -2.07. The van der Waals surface area contributed by atoms with Gasteiger partial charge in [0, 0.05) is 20.3 Å². The van der Waals surface area contributed by atoms with Crippen LogP contribution in [0, 0.1) is 17.1 Å². The molecule has 0 bridgehead atoms. The van der Waals surface area contributed by atoms with Gasteiger partial charge in [0.1, 0.15) is 5.82 Å². The van der Waals surface area contributed by atoms with E-state index in [1.807, 2.05) is 6.07 Å². The topological polar surface area (TPSA) is 54.3 Å². The zero-order chi connectivity index (χ0) is 13.9. The Bertz CT molecular complexity index is 418. The lowest BCUT2D eigenvalue weighted by molar-refractivity contribution is 0.0691. The highest BCUT2D eigenvalue weighted by Gasteiger charge is 2.02. The average Bonchev–Trinajstić information content (AvgIpc) is 2.43. The quantitative estimate of drug-likeness (QED) is 0.698. The number of anilines is 1. The van der Waals surface area contributed by atoms with Gasteiger partial charge in [-0.05, 0) is 31.0 Å². The van der Waals surface area contributed by atoms with Crippen molar-refractivity contribution in [3.05, 3.63) is 29.6 Å². The molecular weight excluding hydrogens is 247 g/mol. The first kappa shape index (κ1) is 15.4. The predicted octanol–water partition coefficient (Wildman–Crippen LogP) is 2.55. The molecule has 0 saturated carbocycles. The Morgan fingerprint density at radius 1 is 1.26 bits per heavy atom. The normalized spacial score (nSPS) is 10.2. The molecule has 0 fully saturated rings. The number of methoxy groups -OCH3 is 1. The van der Waals surface area contributed by atoms with Gasteiger partial charge in [-0.1, -0.05) is 0 Å². The minimum atomic E-state index is -0.393. The van der Waals surface area contributed by atoms with Gasteiger partial charge in [-0.15, -0.1) is 0 Å². The van der Waals surface area contributed by atoms with Crippen LogP contribution >= 0.6 is 0 Å². The van der Waals surface area contributed by atoms with Crippen molar-refractivity contribution in [3.63, 3.8) is 0 Å². The van der Waals surface area contributed by atoms with Crippen molar-refractivity contribution in [2.75, 3.05) is 38.8 Å². The molecule has 1 aromatic rings. The molecule has 0 aliphatic heterocycles. The Labute approximate surface area is 113 Å². The number of nitriles is 1. The number of hydrogen-bond acceptors (Lipinski definition) is 4. The Balaban J connectivity index is 2.14. The summed E-state index contributed by atoms with van der Waals surface area (Å²) < 4.78 is 23.7. The zero-order valence-corrected chi connectivity index (χ0v) is 11.1. The van der Waals surface area contributed by atoms with Crippen LogP contribution in [0.25, 0.3) is 0 Å². The number of benzene rings is 1. The first-order chi connectivity index (χ1) is 9.27. The van der Waals surface area contributed by atoms with Crippen LogP contribution in [-0.2, 0) is 9.47 Å². The molecule has 19 heavy (non-hydrogen) atoms. The summed E-state index contributed by atoms with van der Waals surface area (Å²) in [6.45, 7) is 2.57. The van der Waals surface area contributed by atoms with Crippen molar-refractivity contribution in [3.8, 4) is 6.07 Å². The molecule has 1 aromatic carbocycles. The summed E-state index contributed by atoms with van der Waals surface area (Å²) in [4.78, 5) is 0. The maximum atomic E-state index is 13.5. The van der Waals surface area contributed by atoms with Gasteiger partial charge >= 0.3 is 0 Å². The Morgan fingerprint density at radius 3 is 2.79 bits per heavy atom. The molecule has 1 rings (SSSR count). The fourth-order valence-corrected chi connectivity index (χ4v) is 1.52. The van der Waals surface area contributed by atoms with E-state index in [-0.39, 0.29) is 0 Å². The first-order valence-corrected chi connectivity index (χ1v) is 6.28. The van der Waals surface area contributed by atoms with Gasteiger partial charge in [-0.25, -0.2) is 4.39 Å². The van der Waals surface area contributed by atoms with Gasteiger partial charge < -0.3 is 14.8 Å². The van der Waals surface area contributed by atoms with Gasteiger partial charge in [0.15, 0.2) is 0 Å². The highest BCUT2D eigenvalue weighted by Crippen LogP contribution is 2.15. The highest BCUT2D eigenvalue weighted by molar-refractivity contribution is 5.48. The van der Waals surface area contributed by atoms with Crippen LogP contribution in [0.1, 0.15) is 18.4 Å². The predicted molar refractivity (Wildman–Crippen MR) is 71.5 cm³/mol. The summed E-state index contributed by atoms with van der Waals surface area (Å²) in [6.07, 6.45) is 1.81. The van der Waals surface area contributed by atoms with Gasteiger partial charge in [-0.2, -0.15) is 5.26 Å². The van der Waals surface area contributed by atoms with E-state index in [1.54, 1.807) is 19.2 Å². The van der Waals surface area contributed by atoms with E-state index in [9.17, 15) is 4.39 Å². The van der Waals surface area contributed by atoms with E-state index in [0.29, 0.717) is 37.6 Å². The van der Waals surface area contributed by atoms with Crippen LogP contribution in [0.5, 0.6) is 0 Å². The maximum absolute atomic E-state index is 13.5. The number of ether oxygens (including phenoxy) is 2. The molecule has 0 aliphatic carbocycles. The number of nitrogens with zero attached hydrogens (tertiary/aromatic N) is 1. The van der Waals surface area contributed by atoms with Gasteiger partial charge in [-0.3, -0.25) is 0 Å². The number of unbranched alkanes of at least 4 members (excludes halogenated alkanes) is 1. The number of rotatable bonds is 9. The van der Waals surface area contributed by atoms with E-state index in [2.05, 4.69) is 5.32 Å². The minimum Gasteiger partial charge on any atom is -0.383 e. The Hall–Kier alpha value is -1.64. The molecule has 0 spiro atoms. The van der Waals surface area contributed by atoms with E-state index in [0.717, 1.165) is 12.8 Å². The lowest BCUT2D eigenvalue weighted by Gasteiger charge is -2.08. The van der Waals surface area contributed by atoms with Gasteiger partial charge in [0.25, 0.3) is 0 Å². The van der Waals surface area contributed by atoms with Crippen LogP contribution in [0.15, 0.2) is 18.2 Å². The highest BCUT2D eigenvalue weighted by atomic mass is 19.1. The molecule has 0 saturated heterocycles. The van der Waals surface area contributed by atoms with Crippen LogP contribution in [-0.4, -0.2) is 33.5 Å². The molecule has 0 heterocycles.